The lowest BCUT2D eigenvalue weighted by atomic mass is 9.84. The predicted octanol–water partition coefficient (Wildman–Crippen LogP) is 3.41. The minimum atomic E-state index is -0.210. The van der Waals surface area contributed by atoms with Crippen LogP contribution in [0.15, 0.2) is 22.7 Å². The van der Waals surface area contributed by atoms with Gasteiger partial charge in [-0.1, -0.05) is 36.7 Å². The second kappa shape index (κ2) is 7.09. The number of ether oxygens (including phenoxy) is 1. The van der Waals surface area contributed by atoms with E-state index >= 15 is 0 Å². The number of benzene rings is 1. The summed E-state index contributed by atoms with van der Waals surface area (Å²) in [5.41, 5.74) is 6.44. The molecule has 112 valence electrons. The fourth-order valence-electron chi connectivity index (χ4n) is 2.03. The van der Waals surface area contributed by atoms with E-state index in [9.17, 15) is 4.79 Å². The van der Waals surface area contributed by atoms with E-state index in [-0.39, 0.29) is 17.2 Å². The molecule has 1 unspecified atom stereocenters. The van der Waals surface area contributed by atoms with Crippen LogP contribution in [0.5, 0.6) is 5.75 Å². The molecule has 1 atom stereocenters. The third-order valence-corrected chi connectivity index (χ3v) is 3.43. The van der Waals surface area contributed by atoms with E-state index in [1.54, 1.807) is 13.2 Å². The molecule has 4 nitrogen and oxygen atoms in total. The number of carbonyl (C=O) groups excluding carboxylic acids is 1. The SMILES string of the molecule is COc1ccc(Br)cc1NC(=O)C(CN)CC(C)(C)C. The van der Waals surface area contributed by atoms with E-state index in [1.165, 1.54) is 0 Å². The van der Waals surface area contributed by atoms with E-state index in [1.807, 2.05) is 12.1 Å². The maximum absolute atomic E-state index is 12.3. The van der Waals surface area contributed by atoms with Gasteiger partial charge >= 0.3 is 0 Å². The van der Waals surface area contributed by atoms with Crippen molar-refractivity contribution in [1.82, 2.24) is 0 Å². The Morgan fingerprint density at radius 1 is 1.45 bits per heavy atom. The largest absolute Gasteiger partial charge is 0.495 e. The van der Waals surface area contributed by atoms with Gasteiger partial charge in [-0.3, -0.25) is 4.79 Å². The second-order valence-corrected chi connectivity index (χ2v) is 6.95. The van der Waals surface area contributed by atoms with Crippen LogP contribution in [0, 0.1) is 11.3 Å². The van der Waals surface area contributed by atoms with Crippen molar-refractivity contribution in [2.45, 2.75) is 27.2 Å². The van der Waals surface area contributed by atoms with Gasteiger partial charge in [0, 0.05) is 11.0 Å². The number of carbonyl (C=O) groups is 1. The number of nitrogens with two attached hydrogens (primary N) is 1. The molecule has 0 bridgehead atoms. The zero-order valence-corrected chi connectivity index (χ0v) is 14.1. The first-order valence-corrected chi connectivity index (χ1v) is 7.40. The van der Waals surface area contributed by atoms with Crippen LogP contribution in [-0.4, -0.2) is 19.6 Å². The maximum Gasteiger partial charge on any atom is 0.228 e. The Kier molecular flexibility index (Phi) is 6.02. The van der Waals surface area contributed by atoms with Crippen molar-refractivity contribution in [3.63, 3.8) is 0 Å². The van der Waals surface area contributed by atoms with Crippen LogP contribution >= 0.6 is 15.9 Å². The molecule has 1 aromatic rings. The molecule has 0 heterocycles. The Morgan fingerprint density at radius 3 is 2.60 bits per heavy atom. The van der Waals surface area contributed by atoms with E-state index in [0.717, 1.165) is 10.9 Å². The van der Waals surface area contributed by atoms with Gasteiger partial charge in [0.1, 0.15) is 5.75 Å². The van der Waals surface area contributed by atoms with Crippen molar-refractivity contribution in [2.24, 2.45) is 17.1 Å². The Bertz CT molecular complexity index is 469. The molecule has 0 aliphatic heterocycles. The monoisotopic (exact) mass is 342 g/mol. The smallest absolute Gasteiger partial charge is 0.228 e. The number of methoxy groups -OCH3 is 1. The van der Waals surface area contributed by atoms with Gasteiger partial charge < -0.3 is 15.8 Å². The molecule has 0 aliphatic carbocycles. The summed E-state index contributed by atoms with van der Waals surface area (Å²) in [5.74, 6) is 0.352. The Labute approximate surface area is 129 Å². The lowest BCUT2D eigenvalue weighted by Gasteiger charge is -2.24. The summed E-state index contributed by atoms with van der Waals surface area (Å²) in [5, 5.41) is 2.90. The highest BCUT2D eigenvalue weighted by molar-refractivity contribution is 9.10. The first kappa shape index (κ1) is 17.0. The molecule has 0 spiro atoms. The Balaban J connectivity index is 2.86. The molecule has 5 heteroatoms. The Morgan fingerprint density at radius 2 is 2.10 bits per heavy atom. The predicted molar refractivity (Wildman–Crippen MR) is 85.9 cm³/mol. The lowest BCUT2D eigenvalue weighted by Crippen LogP contribution is -2.32. The minimum Gasteiger partial charge on any atom is -0.495 e. The molecule has 0 aliphatic rings. The molecule has 0 radical (unpaired) electrons. The van der Waals surface area contributed by atoms with E-state index in [0.29, 0.717) is 18.0 Å². The number of hydrogen-bond acceptors (Lipinski definition) is 3. The first-order valence-electron chi connectivity index (χ1n) is 6.61. The average molecular weight is 343 g/mol. The highest BCUT2D eigenvalue weighted by Gasteiger charge is 2.24. The third-order valence-electron chi connectivity index (χ3n) is 2.93. The highest BCUT2D eigenvalue weighted by Crippen LogP contribution is 2.30. The van der Waals surface area contributed by atoms with E-state index < -0.39 is 0 Å². The molecule has 1 rings (SSSR count). The second-order valence-electron chi connectivity index (χ2n) is 6.03. The first-order chi connectivity index (χ1) is 9.26. The summed E-state index contributed by atoms with van der Waals surface area (Å²) in [4.78, 5) is 12.3. The topological polar surface area (TPSA) is 64.3 Å². The fourth-order valence-corrected chi connectivity index (χ4v) is 2.40. The third kappa shape index (κ3) is 5.13. The van der Waals surface area contributed by atoms with Crippen molar-refractivity contribution in [1.29, 1.82) is 0 Å². The molecule has 20 heavy (non-hydrogen) atoms. The van der Waals surface area contributed by atoms with E-state index in [2.05, 4.69) is 42.0 Å². The number of hydrogen-bond donors (Lipinski definition) is 2. The molecule has 0 aromatic heterocycles. The molecule has 1 amide bonds. The van der Waals surface area contributed by atoms with Gasteiger partial charge in [0.05, 0.1) is 18.7 Å². The minimum absolute atomic E-state index is 0.0583. The summed E-state index contributed by atoms with van der Waals surface area (Å²) < 4.78 is 6.13. The van der Waals surface area contributed by atoms with Crippen molar-refractivity contribution in [2.75, 3.05) is 19.0 Å². The van der Waals surface area contributed by atoms with Crippen LogP contribution in [0.3, 0.4) is 0 Å². The van der Waals surface area contributed by atoms with Crippen molar-refractivity contribution in [3.05, 3.63) is 22.7 Å². The molecule has 3 N–H and O–H groups in total. The number of rotatable bonds is 5. The van der Waals surface area contributed by atoms with Crippen LogP contribution in [0.2, 0.25) is 0 Å². The number of nitrogens with one attached hydrogen (secondary N) is 1. The standard InChI is InChI=1S/C15H23BrN2O2/c1-15(2,3)8-10(9-17)14(19)18-12-7-11(16)5-6-13(12)20-4/h5-7,10H,8-9,17H2,1-4H3,(H,18,19). The zero-order valence-electron chi connectivity index (χ0n) is 12.5. The van der Waals surface area contributed by atoms with Gasteiger partial charge in [0.25, 0.3) is 0 Å². The van der Waals surface area contributed by atoms with E-state index in [4.69, 9.17) is 10.5 Å². The average Bonchev–Trinajstić information content (AvgIpc) is 2.35. The summed E-state index contributed by atoms with van der Waals surface area (Å²) in [6, 6.07) is 5.49. The number of anilines is 1. The molecular formula is C15H23BrN2O2. The maximum atomic E-state index is 12.3. The van der Waals surface area contributed by atoms with Crippen LogP contribution in [-0.2, 0) is 4.79 Å². The van der Waals surface area contributed by atoms with Gasteiger partial charge in [-0.05, 0) is 30.0 Å². The van der Waals surface area contributed by atoms with Gasteiger partial charge in [0.15, 0.2) is 0 Å². The van der Waals surface area contributed by atoms with Crippen molar-refractivity contribution < 1.29 is 9.53 Å². The van der Waals surface area contributed by atoms with Crippen molar-refractivity contribution in [3.8, 4) is 5.75 Å². The fraction of sp³-hybridized carbons (Fsp3) is 0.533. The van der Waals surface area contributed by atoms with Crippen LogP contribution in [0.1, 0.15) is 27.2 Å². The Hall–Kier alpha value is -1.07. The lowest BCUT2D eigenvalue weighted by molar-refractivity contribution is -0.120. The summed E-state index contributed by atoms with van der Waals surface area (Å²) in [6.45, 7) is 6.63. The number of halogens is 1. The van der Waals surface area contributed by atoms with Crippen LogP contribution in [0.25, 0.3) is 0 Å². The number of amides is 1. The van der Waals surface area contributed by atoms with Crippen molar-refractivity contribution >= 4 is 27.5 Å². The molecule has 1 aromatic carbocycles. The molecule has 0 fully saturated rings. The zero-order chi connectivity index (χ0) is 15.3. The van der Waals surface area contributed by atoms with Gasteiger partial charge in [-0.15, -0.1) is 0 Å². The highest BCUT2D eigenvalue weighted by atomic mass is 79.9. The summed E-state index contributed by atoms with van der Waals surface area (Å²) in [6.07, 6.45) is 0.742. The normalized spacial score (nSPS) is 12.9. The summed E-state index contributed by atoms with van der Waals surface area (Å²) >= 11 is 3.39. The van der Waals surface area contributed by atoms with Crippen LogP contribution in [0.4, 0.5) is 5.69 Å². The summed E-state index contributed by atoms with van der Waals surface area (Å²) in [7, 11) is 1.58. The molecule has 0 saturated heterocycles. The van der Waals surface area contributed by atoms with Gasteiger partial charge in [0.2, 0.25) is 5.91 Å². The quantitative estimate of drug-likeness (QED) is 0.861. The van der Waals surface area contributed by atoms with Gasteiger partial charge in [-0.25, -0.2) is 0 Å². The van der Waals surface area contributed by atoms with Gasteiger partial charge in [-0.2, -0.15) is 0 Å². The van der Waals surface area contributed by atoms with Crippen LogP contribution < -0.4 is 15.8 Å². The molecule has 0 saturated carbocycles. The molecular weight excluding hydrogens is 320 g/mol.